The van der Waals surface area contributed by atoms with Gasteiger partial charge in [-0.1, -0.05) is 29.3 Å². The van der Waals surface area contributed by atoms with Gasteiger partial charge in [0.05, 0.1) is 19.9 Å². The average molecular weight is 397 g/mol. The molecule has 0 aliphatic rings. The molecule has 7 heteroatoms. The Morgan fingerprint density at radius 3 is 2.54 bits per heavy atom. The molecule has 2 aromatic carbocycles. The van der Waals surface area contributed by atoms with Gasteiger partial charge in [0.15, 0.2) is 0 Å². The number of hydrogen-bond acceptors (Lipinski definition) is 4. The van der Waals surface area contributed by atoms with Crippen molar-refractivity contribution in [1.82, 2.24) is 5.32 Å². The molecule has 0 aliphatic heterocycles. The molecule has 1 amide bonds. The molecule has 2 aromatic rings. The van der Waals surface area contributed by atoms with E-state index in [4.69, 9.17) is 32.7 Å². The number of ether oxygens (including phenoxy) is 2. The monoisotopic (exact) mass is 396 g/mol. The fourth-order valence-electron chi connectivity index (χ4n) is 2.40. The van der Waals surface area contributed by atoms with Crippen molar-refractivity contribution in [2.75, 3.05) is 32.6 Å². The van der Waals surface area contributed by atoms with E-state index in [9.17, 15) is 4.79 Å². The summed E-state index contributed by atoms with van der Waals surface area (Å²) >= 11 is 12.0. The standard InChI is InChI=1S/C19H22Cl2N2O3/c1-25-15-5-6-18(26-2)17(12-15)23-19(24)8-10-22-9-7-13-3-4-14(20)11-16(13)21/h3-6,11-12,22H,7-10H2,1-2H3,(H,23,24). The van der Waals surface area contributed by atoms with E-state index in [0.29, 0.717) is 40.2 Å². The van der Waals surface area contributed by atoms with E-state index in [0.717, 1.165) is 18.5 Å². The highest BCUT2D eigenvalue weighted by molar-refractivity contribution is 6.35. The molecule has 5 nitrogen and oxygen atoms in total. The van der Waals surface area contributed by atoms with Crippen LogP contribution < -0.4 is 20.1 Å². The predicted octanol–water partition coefficient (Wildman–Crippen LogP) is 4.17. The topological polar surface area (TPSA) is 59.6 Å². The number of carbonyl (C=O) groups is 1. The molecule has 140 valence electrons. The van der Waals surface area contributed by atoms with E-state index in [1.54, 1.807) is 38.5 Å². The lowest BCUT2D eigenvalue weighted by Gasteiger charge is -2.12. The SMILES string of the molecule is COc1ccc(OC)c(NC(=O)CCNCCc2ccc(Cl)cc2Cl)c1. The van der Waals surface area contributed by atoms with Crippen LogP contribution in [0, 0.1) is 0 Å². The van der Waals surface area contributed by atoms with Gasteiger partial charge in [-0.2, -0.15) is 0 Å². The van der Waals surface area contributed by atoms with E-state index in [1.165, 1.54) is 0 Å². The third-order valence-corrected chi connectivity index (χ3v) is 4.38. The summed E-state index contributed by atoms with van der Waals surface area (Å²) < 4.78 is 10.4. The lowest BCUT2D eigenvalue weighted by Crippen LogP contribution is -2.23. The summed E-state index contributed by atoms with van der Waals surface area (Å²) in [6.07, 6.45) is 1.11. The largest absolute Gasteiger partial charge is 0.497 e. The van der Waals surface area contributed by atoms with Crippen molar-refractivity contribution in [3.63, 3.8) is 0 Å². The predicted molar refractivity (Wildman–Crippen MR) is 106 cm³/mol. The lowest BCUT2D eigenvalue weighted by atomic mass is 10.1. The Balaban J connectivity index is 1.75. The molecule has 0 bridgehead atoms. The van der Waals surface area contributed by atoms with Crippen LogP contribution in [-0.2, 0) is 11.2 Å². The number of amides is 1. The summed E-state index contributed by atoms with van der Waals surface area (Å²) in [6, 6.07) is 10.7. The van der Waals surface area contributed by atoms with Crippen LogP contribution >= 0.6 is 23.2 Å². The summed E-state index contributed by atoms with van der Waals surface area (Å²) in [7, 11) is 3.13. The maximum atomic E-state index is 12.1. The molecule has 0 aliphatic carbocycles. The van der Waals surface area contributed by atoms with E-state index < -0.39 is 0 Å². The molecule has 0 radical (unpaired) electrons. The van der Waals surface area contributed by atoms with Crippen molar-refractivity contribution in [2.45, 2.75) is 12.8 Å². The normalized spacial score (nSPS) is 10.5. The molecule has 2 rings (SSSR count). The number of methoxy groups -OCH3 is 2. The van der Waals surface area contributed by atoms with Gasteiger partial charge in [0, 0.05) is 29.1 Å². The van der Waals surface area contributed by atoms with Crippen molar-refractivity contribution in [3.8, 4) is 11.5 Å². The van der Waals surface area contributed by atoms with Crippen LogP contribution in [0.15, 0.2) is 36.4 Å². The van der Waals surface area contributed by atoms with Gasteiger partial charge in [-0.05, 0) is 42.8 Å². The third-order valence-electron chi connectivity index (χ3n) is 3.80. The van der Waals surface area contributed by atoms with E-state index in [-0.39, 0.29) is 5.91 Å². The number of benzene rings is 2. The number of halogens is 2. The Kier molecular flexibility index (Phi) is 8.04. The van der Waals surface area contributed by atoms with Crippen molar-refractivity contribution in [2.24, 2.45) is 0 Å². The van der Waals surface area contributed by atoms with Gasteiger partial charge in [0.25, 0.3) is 0 Å². The molecule has 0 saturated carbocycles. The van der Waals surface area contributed by atoms with Crippen LogP contribution in [0.25, 0.3) is 0 Å². The molecule has 0 heterocycles. The highest BCUT2D eigenvalue weighted by Crippen LogP contribution is 2.28. The van der Waals surface area contributed by atoms with Gasteiger partial charge >= 0.3 is 0 Å². The molecule has 26 heavy (non-hydrogen) atoms. The highest BCUT2D eigenvalue weighted by atomic mass is 35.5. The Bertz CT molecular complexity index is 754. The van der Waals surface area contributed by atoms with Gasteiger partial charge < -0.3 is 20.1 Å². The van der Waals surface area contributed by atoms with Crippen molar-refractivity contribution in [1.29, 1.82) is 0 Å². The number of carbonyl (C=O) groups excluding carboxylic acids is 1. The fraction of sp³-hybridized carbons (Fsp3) is 0.316. The summed E-state index contributed by atoms with van der Waals surface area (Å²) in [5, 5.41) is 7.35. The Labute approximate surface area is 163 Å². The van der Waals surface area contributed by atoms with Gasteiger partial charge in [-0.3, -0.25) is 4.79 Å². The average Bonchev–Trinajstić information content (AvgIpc) is 2.63. The third kappa shape index (κ3) is 6.09. The molecule has 2 N–H and O–H groups in total. The van der Waals surface area contributed by atoms with Crippen molar-refractivity contribution >= 4 is 34.8 Å². The minimum atomic E-state index is -0.103. The zero-order valence-electron chi connectivity index (χ0n) is 14.8. The Hall–Kier alpha value is -1.95. The smallest absolute Gasteiger partial charge is 0.225 e. The molecule has 0 fully saturated rings. The first-order valence-corrected chi connectivity index (χ1v) is 8.95. The van der Waals surface area contributed by atoms with Gasteiger partial charge in [-0.25, -0.2) is 0 Å². The second-order valence-electron chi connectivity index (χ2n) is 5.60. The quantitative estimate of drug-likeness (QED) is 0.624. The molecule has 0 aromatic heterocycles. The van der Waals surface area contributed by atoms with Crippen LogP contribution in [0.1, 0.15) is 12.0 Å². The Morgan fingerprint density at radius 2 is 1.85 bits per heavy atom. The van der Waals surface area contributed by atoms with Crippen molar-refractivity contribution < 1.29 is 14.3 Å². The van der Waals surface area contributed by atoms with Gasteiger partial charge in [-0.15, -0.1) is 0 Å². The number of anilines is 1. The molecule has 0 saturated heterocycles. The summed E-state index contributed by atoms with van der Waals surface area (Å²) in [5.41, 5.74) is 1.61. The lowest BCUT2D eigenvalue weighted by molar-refractivity contribution is -0.116. The zero-order valence-corrected chi connectivity index (χ0v) is 16.3. The second-order valence-corrected chi connectivity index (χ2v) is 6.44. The van der Waals surface area contributed by atoms with Crippen LogP contribution in [0.5, 0.6) is 11.5 Å². The van der Waals surface area contributed by atoms with E-state index in [2.05, 4.69) is 10.6 Å². The van der Waals surface area contributed by atoms with Gasteiger partial charge in [0.2, 0.25) is 5.91 Å². The fourth-order valence-corrected chi connectivity index (χ4v) is 2.90. The van der Waals surface area contributed by atoms with E-state index in [1.807, 2.05) is 12.1 Å². The first kappa shape index (κ1) is 20.4. The number of nitrogens with one attached hydrogen (secondary N) is 2. The van der Waals surface area contributed by atoms with Crippen LogP contribution in [0.3, 0.4) is 0 Å². The van der Waals surface area contributed by atoms with Crippen LogP contribution in [-0.4, -0.2) is 33.2 Å². The number of hydrogen-bond donors (Lipinski definition) is 2. The minimum absolute atomic E-state index is 0.103. The molecule has 0 atom stereocenters. The van der Waals surface area contributed by atoms with Crippen LogP contribution in [0.2, 0.25) is 10.0 Å². The maximum absolute atomic E-state index is 12.1. The van der Waals surface area contributed by atoms with Gasteiger partial charge in [0.1, 0.15) is 11.5 Å². The first-order valence-electron chi connectivity index (χ1n) is 8.20. The molecular weight excluding hydrogens is 375 g/mol. The summed E-state index contributed by atoms with van der Waals surface area (Å²) in [4.78, 5) is 12.1. The number of rotatable bonds is 9. The molecule has 0 unspecified atom stereocenters. The Morgan fingerprint density at radius 1 is 1.04 bits per heavy atom. The van der Waals surface area contributed by atoms with Crippen molar-refractivity contribution in [3.05, 3.63) is 52.0 Å². The van der Waals surface area contributed by atoms with E-state index >= 15 is 0 Å². The summed E-state index contributed by atoms with van der Waals surface area (Å²) in [5.74, 6) is 1.14. The zero-order chi connectivity index (χ0) is 18.9. The highest BCUT2D eigenvalue weighted by Gasteiger charge is 2.09. The van der Waals surface area contributed by atoms with Crippen LogP contribution in [0.4, 0.5) is 5.69 Å². The first-order chi connectivity index (χ1) is 12.5. The summed E-state index contributed by atoms with van der Waals surface area (Å²) in [6.45, 7) is 1.28. The minimum Gasteiger partial charge on any atom is -0.497 e. The second kappa shape index (κ2) is 10.3. The molecular formula is C19H22Cl2N2O3. The maximum Gasteiger partial charge on any atom is 0.225 e. The molecule has 0 spiro atoms.